The minimum Gasteiger partial charge on any atom is -0.488 e. The minimum absolute atomic E-state index is 0.0638. The number of rotatable bonds is 7. The predicted molar refractivity (Wildman–Crippen MR) is 136 cm³/mol. The van der Waals surface area contributed by atoms with Crippen molar-refractivity contribution in [3.05, 3.63) is 58.5 Å². The second-order valence-corrected chi connectivity index (χ2v) is 10.4. The first-order valence-electron chi connectivity index (χ1n) is 12.3. The third kappa shape index (κ3) is 4.74. The van der Waals surface area contributed by atoms with Crippen molar-refractivity contribution in [3.8, 4) is 17.0 Å². The summed E-state index contributed by atoms with van der Waals surface area (Å²) in [6.07, 6.45) is 5.68. The minimum atomic E-state index is -1.02. The lowest BCUT2D eigenvalue weighted by Gasteiger charge is -2.41. The van der Waals surface area contributed by atoms with Gasteiger partial charge in [0.15, 0.2) is 0 Å². The van der Waals surface area contributed by atoms with Gasteiger partial charge in [0, 0.05) is 24.8 Å². The van der Waals surface area contributed by atoms with Crippen molar-refractivity contribution in [2.75, 3.05) is 32.9 Å². The molecule has 0 saturated carbocycles. The molecular weight excluding hydrogens is 545 g/mol. The zero-order valence-electron chi connectivity index (χ0n) is 20.3. The van der Waals surface area contributed by atoms with Crippen molar-refractivity contribution >= 4 is 21.4 Å². The number of aliphatic hydroxyl groups excluding tert-OH is 1. The molecular formula is C25H27BrFN7O3. The molecule has 6 heterocycles. The number of piperidine rings is 1. The molecule has 10 nitrogen and oxygen atoms in total. The van der Waals surface area contributed by atoms with Crippen molar-refractivity contribution < 1.29 is 19.0 Å². The first-order valence-corrected chi connectivity index (χ1v) is 13.1. The van der Waals surface area contributed by atoms with Crippen LogP contribution in [0.25, 0.3) is 16.8 Å². The number of aliphatic hydroxyl groups is 1. The molecule has 2 aliphatic heterocycles. The molecule has 1 atom stereocenters. The summed E-state index contributed by atoms with van der Waals surface area (Å²) in [5, 5.41) is 24.0. The van der Waals surface area contributed by atoms with Gasteiger partial charge < -0.3 is 14.6 Å². The maximum Gasteiger partial charge on any atom is 0.147 e. The third-order valence-corrected chi connectivity index (χ3v) is 7.78. The van der Waals surface area contributed by atoms with Crippen LogP contribution >= 0.6 is 15.9 Å². The zero-order valence-corrected chi connectivity index (χ0v) is 21.9. The number of ether oxygens (including phenoxy) is 2. The second kappa shape index (κ2) is 10.1. The number of aromatic nitrogens is 6. The molecule has 1 N–H and O–H groups in total. The van der Waals surface area contributed by atoms with Crippen LogP contribution in [0.5, 0.6) is 5.75 Å². The molecule has 2 fully saturated rings. The van der Waals surface area contributed by atoms with E-state index in [0.717, 1.165) is 72.3 Å². The molecule has 0 unspecified atom stereocenters. The Morgan fingerprint density at radius 1 is 1.22 bits per heavy atom. The van der Waals surface area contributed by atoms with Gasteiger partial charge in [0.1, 0.15) is 35.5 Å². The van der Waals surface area contributed by atoms with E-state index in [4.69, 9.17) is 9.47 Å². The molecule has 0 aromatic carbocycles. The Bertz CT molecular complexity index is 1400. The Morgan fingerprint density at radius 3 is 2.73 bits per heavy atom. The van der Waals surface area contributed by atoms with E-state index in [9.17, 15) is 9.50 Å². The summed E-state index contributed by atoms with van der Waals surface area (Å²) in [6.45, 7) is 5.71. The van der Waals surface area contributed by atoms with Crippen LogP contribution in [0, 0.1) is 12.7 Å². The van der Waals surface area contributed by atoms with Crippen molar-refractivity contribution in [1.29, 1.82) is 0 Å². The van der Waals surface area contributed by atoms with E-state index in [0.29, 0.717) is 23.5 Å². The van der Waals surface area contributed by atoms with E-state index in [2.05, 4.69) is 41.2 Å². The van der Waals surface area contributed by atoms with Crippen LogP contribution in [-0.4, -0.2) is 78.6 Å². The van der Waals surface area contributed by atoms with Crippen LogP contribution in [0.4, 0.5) is 4.39 Å². The van der Waals surface area contributed by atoms with Crippen LogP contribution < -0.4 is 4.74 Å². The van der Waals surface area contributed by atoms with Gasteiger partial charge in [0.2, 0.25) is 0 Å². The highest BCUT2D eigenvalue weighted by Gasteiger charge is 2.31. The summed E-state index contributed by atoms with van der Waals surface area (Å²) in [6, 6.07) is 5.44. The summed E-state index contributed by atoms with van der Waals surface area (Å²) in [4.78, 5) is 6.45. The van der Waals surface area contributed by atoms with Gasteiger partial charge >= 0.3 is 0 Å². The molecule has 0 radical (unpaired) electrons. The zero-order chi connectivity index (χ0) is 25.5. The Balaban J connectivity index is 1.24. The first-order chi connectivity index (χ1) is 18.0. The number of likely N-dealkylation sites (tertiary alicyclic amines) is 1. The fraction of sp³-hybridized carbons (Fsp3) is 0.440. The average Bonchev–Trinajstić information content (AvgIpc) is 3.44. The summed E-state index contributed by atoms with van der Waals surface area (Å²) < 4.78 is 29.1. The largest absolute Gasteiger partial charge is 0.488 e. The lowest BCUT2D eigenvalue weighted by Crippen LogP contribution is -2.52. The average molecular weight is 572 g/mol. The van der Waals surface area contributed by atoms with Crippen molar-refractivity contribution in [2.45, 2.75) is 38.0 Å². The van der Waals surface area contributed by atoms with Crippen LogP contribution in [0.3, 0.4) is 0 Å². The van der Waals surface area contributed by atoms with Crippen molar-refractivity contribution in [2.24, 2.45) is 0 Å². The molecule has 12 heteroatoms. The number of fused-ring (bicyclic) bond motifs is 1. The highest BCUT2D eigenvalue weighted by molar-refractivity contribution is 9.10. The number of hydrogen-bond donors (Lipinski definition) is 1. The molecule has 2 aliphatic rings. The maximum absolute atomic E-state index is 13.2. The standard InChI is InChI=1S/C25H27BrFN7O3/c1-15-24(30-31-34(15)18-4-6-32(7-5-18)19-12-36-13-19)16-8-23(25-20(26)10-29-33(25)11-16)37-14-22(35)21-3-2-17(27)9-28-21/h2-3,8-11,18-19,22,35H,4-7,12-14H2,1H3/t22-/m1/s1. The summed E-state index contributed by atoms with van der Waals surface area (Å²) in [5.74, 6) is 0.0596. The normalized spacial score (nSPS) is 18.3. The van der Waals surface area contributed by atoms with Crippen molar-refractivity contribution in [1.82, 2.24) is 34.5 Å². The monoisotopic (exact) mass is 571 g/mol. The predicted octanol–water partition coefficient (Wildman–Crippen LogP) is 3.35. The van der Waals surface area contributed by atoms with E-state index in [-0.39, 0.29) is 6.61 Å². The Kier molecular flexibility index (Phi) is 6.65. The molecule has 4 aromatic heterocycles. The van der Waals surface area contributed by atoms with Gasteiger partial charge in [0.25, 0.3) is 0 Å². The SMILES string of the molecule is Cc1c(-c2cc(OC[C@@H](O)c3ccc(F)cn3)c3c(Br)cnn3c2)nnn1C1CCN(C2COC2)CC1. The van der Waals surface area contributed by atoms with E-state index in [1.807, 2.05) is 23.9 Å². The van der Waals surface area contributed by atoms with Gasteiger partial charge in [-0.1, -0.05) is 5.21 Å². The highest BCUT2D eigenvalue weighted by Crippen LogP contribution is 2.34. The van der Waals surface area contributed by atoms with Crippen molar-refractivity contribution in [3.63, 3.8) is 0 Å². The smallest absolute Gasteiger partial charge is 0.147 e. The van der Waals surface area contributed by atoms with E-state index >= 15 is 0 Å². The number of pyridine rings is 2. The van der Waals surface area contributed by atoms with Gasteiger partial charge in [-0.15, -0.1) is 5.10 Å². The topological polar surface area (TPSA) is 103 Å². The third-order valence-electron chi connectivity index (χ3n) is 7.20. The molecule has 4 aromatic rings. The molecule has 2 saturated heterocycles. The molecule has 37 heavy (non-hydrogen) atoms. The van der Waals surface area contributed by atoms with Crippen LogP contribution in [-0.2, 0) is 4.74 Å². The fourth-order valence-electron chi connectivity index (χ4n) is 5.01. The molecule has 0 spiro atoms. The number of halogens is 2. The number of hydrogen-bond acceptors (Lipinski definition) is 8. The van der Waals surface area contributed by atoms with Gasteiger partial charge in [-0.3, -0.25) is 9.88 Å². The molecule has 6 rings (SSSR count). The van der Waals surface area contributed by atoms with E-state index in [1.54, 1.807) is 10.7 Å². The van der Waals surface area contributed by atoms with Crippen LogP contribution in [0.2, 0.25) is 0 Å². The molecule has 0 aliphatic carbocycles. The van der Waals surface area contributed by atoms with E-state index in [1.165, 1.54) is 12.1 Å². The van der Waals surface area contributed by atoms with Gasteiger partial charge in [-0.05, 0) is 53.9 Å². The van der Waals surface area contributed by atoms with Gasteiger partial charge in [0.05, 0.1) is 53.6 Å². The Labute approximate surface area is 221 Å². The second-order valence-electron chi connectivity index (χ2n) is 9.53. The summed E-state index contributed by atoms with van der Waals surface area (Å²) in [5.41, 5.74) is 3.60. The van der Waals surface area contributed by atoms with Gasteiger partial charge in [-0.2, -0.15) is 5.10 Å². The first kappa shape index (κ1) is 24.4. The number of nitrogens with zero attached hydrogens (tertiary/aromatic N) is 7. The lowest BCUT2D eigenvalue weighted by atomic mass is 10.0. The van der Waals surface area contributed by atoms with Gasteiger partial charge in [-0.25, -0.2) is 13.6 Å². The molecule has 0 bridgehead atoms. The quantitative estimate of drug-likeness (QED) is 0.360. The maximum atomic E-state index is 13.2. The van der Waals surface area contributed by atoms with E-state index < -0.39 is 11.9 Å². The summed E-state index contributed by atoms with van der Waals surface area (Å²) >= 11 is 3.53. The van der Waals surface area contributed by atoms with Crippen LogP contribution in [0.15, 0.2) is 41.3 Å². The molecule has 194 valence electrons. The molecule has 0 amide bonds. The Morgan fingerprint density at radius 2 is 2.03 bits per heavy atom. The highest BCUT2D eigenvalue weighted by atomic mass is 79.9. The fourth-order valence-corrected chi connectivity index (χ4v) is 5.48. The van der Waals surface area contributed by atoms with Crippen LogP contribution in [0.1, 0.15) is 36.4 Å². The Hall–Kier alpha value is -2.93. The summed E-state index contributed by atoms with van der Waals surface area (Å²) in [7, 11) is 0. The lowest BCUT2D eigenvalue weighted by molar-refractivity contribution is -0.0735.